The number of carboxylic acid groups (broad SMARTS) is 1. The topological polar surface area (TPSA) is 92.4 Å². The maximum Gasteiger partial charge on any atom is 0.307 e. The van der Waals surface area contributed by atoms with Crippen LogP contribution in [0, 0.1) is 11.8 Å². The minimum atomic E-state index is -0.923. The van der Waals surface area contributed by atoms with E-state index >= 15 is 0 Å². The van der Waals surface area contributed by atoms with Gasteiger partial charge in [-0.3, -0.25) is 9.59 Å². The summed E-state index contributed by atoms with van der Waals surface area (Å²) in [5, 5.41) is 12.1. The molecule has 0 heterocycles. The first kappa shape index (κ1) is 17.7. The molecule has 0 saturated carbocycles. The lowest BCUT2D eigenvalue weighted by Gasteiger charge is -2.24. The molecule has 2 atom stereocenters. The predicted molar refractivity (Wildman–Crippen MR) is 102 cm³/mol. The van der Waals surface area contributed by atoms with E-state index in [9.17, 15) is 14.7 Å². The zero-order chi connectivity index (χ0) is 18.5. The zero-order valence-electron chi connectivity index (χ0n) is 14.4. The fraction of sp³-hybridized carbons (Fsp3) is 0.238. The second kappa shape index (κ2) is 7.87. The summed E-state index contributed by atoms with van der Waals surface area (Å²) in [6, 6.07) is 15.4. The highest BCUT2D eigenvalue weighted by Crippen LogP contribution is 2.27. The molecule has 26 heavy (non-hydrogen) atoms. The van der Waals surface area contributed by atoms with Crippen molar-refractivity contribution in [3.63, 3.8) is 0 Å². The quantitative estimate of drug-likeness (QED) is 0.569. The number of nitrogen functional groups attached to an aromatic ring is 1. The van der Waals surface area contributed by atoms with Gasteiger partial charge in [-0.25, -0.2) is 0 Å². The average Bonchev–Trinajstić information content (AvgIpc) is 2.65. The van der Waals surface area contributed by atoms with E-state index in [1.165, 1.54) is 0 Å². The van der Waals surface area contributed by atoms with E-state index in [0.717, 1.165) is 23.2 Å². The molecule has 1 aliphatic carbocycles. The fourth-order valence-electron chi connectivity index (χ4n) is 3.19. The number of anilines is 2. The molecule has 2 aromatic carbocycles. The monoisotopic (exact) mass is 350 g/mol. The second-order valence-electron chi connectivity index (χ2n) is 6.60. The molecule has 2 unspecified atom stereocenters. The van der Waals surface area contributed by atoms with Crippen LogP contribution in [0.4, 0.5) is 11.4 Å². The van der Waals surface area contributed by atoms with Crippen LogP contribution in [-0.2, 0) is 16.0 Å². The summed E-state index contributed by atoms with van der Waals surface area (Å²) in [4.78, 5) is 23.8. The van der Waals surface area contributed by atoms with Gasteiger partial charge in [0.25, 0.3) is 0 Å². The van der Waals surface area contributed by atoms with Crippen LogP contribution < -0.4 is 11.1 Å². The molecule has 1 amide bonds. The first-order chi connectivity index (χ1) is 12.5. The third-order valence-electron chi connectivity index (χ3n) is 4.70. The van der Waals surface area contributed by atoms with Gasteiger partial charge >= 0.3 is 5.97 Å². The van der Waals surface area contributed by atoms with Gasteiger partial charge in [-0.15, -0.1) is 0 Å². The van der Waals surface area contributed by atoms with Gasteiger partial charge in [0.15, 0.2) is 0 Å². The average molecular weight is 350 g/mol. The zero-order valence-corrected chi connectivity index (χ0v) is 14.4. The number of allylic oxidation sites excluding steroid dienone is 2. The molecule has 0 bridgehead atoms. The number of nitrogens with two attached hydrogens (primary N) is 1. The number of rotatable bonds is 5. The SMILES string of the molecule is Nc1ccc(Cc2ccc(NC(=O)C3CC=CCC3C(=O)O)cc2)cc1. The Morgan fingerprint density at radius 2 is 1.46 bits per heavy atom. The third kappa shape index (κ3) is 4.30. The van der Waals surface area contributed by atoms with Gasteiger partial charge in [0.05, 0.1) is 11.8 Å². The Bertz CT molecular complexity index is 810. The van der Waals surface area contributed by atoms with Crippen molar-refractivity contribution in [1.82, 2.24) is 0 Å². The molecule has 0 fully saturated rings. The van der Waals surface area contributed by atoms with Crippen molar-refractivity contribution >= 4 is 23.3 Å². The van der Waals surface area contributed by atoms with E-state index in [1.54, 1.807) is 0 Å². The van der Waals surface area contributed by atoms with Crippen LogP contribution in [0.3, 0.4) is 0 Å². The predicted octanol–water partition coefficient (Wildman–Crippen LogP) is 3.47. The number of carbonyl (C=O) groups is 2. The molecule has 5 heteroatoms. The maximum absolute atomic E-state index is 12.5. The van der Waals surface area contributed by atoms with Gasteiger partial charge in [0.2, 0.25) is 5.91 Å². The molecule has 0 aliphatic heterocycles. The number of carboxylic acids is 1. The van der Waals surface area contributed by atoms with Gasteiger partial charge in [-0.1, -0.05) is 36.4 Å². The highest BCUT2D eigenvalue weighted by Gasteiger charge is 2.33. The van der Waals surface area contributed by atoms with Crippen LogP contribution in [0.5, 0.6) is 0 Å². The maximum atomic E-state index is 12.5. The Kier molecular flexibility index (Phi) is 5.37. The number of carbonyl (C=O) groups excluding carboxylic acids is 1. The van der Waals surface area contributed by atoms with Crippen LogP contribution in [0.1, 0.15) is 24.0 Å². The molecule has 4 N–H and O–H groups in total. The lowest BCUT2D eigenvalue weighted by Crippen LogP contribution is -2.34. The van der Waals surface area contributed by atoms with E-state index in [0.29, 0.717) is 18.5 Å². The van der Waals surface area contributed by atoms with E-state index in [4.69, 9.17) is 5.73 Å². The summed E-state index contributed by atoms with van der Waals surface area (Å²) >= 11 is 0. The molecule has 134 valence electrons. The van der Waals surface area contributed by atoms with Gasteiger partial charge in [0, 0.05) is 11.4 Å². The van der Waals surface area contributed by atoms with Crippen LogP contribution in [0.2, 0.25) is 0 Å². The van der Waals surface area contributed by atoms with Crippen LogP contribution in [0.15, 0.2) is 60.7 Å². The molecule has 0 radical (unpaired) electrons. The highest BCUT2D eigenvalue weighted by molar-refractivity contribution is 5.95. The van der Waals surface area contributed by atoms with Crippen LogP contribution in [-0.4, -0.2) is 17.0 Å². The number of nitrogens with one attached hydrogen (secondary N) is 1. The Morgan fingerprint density at radius 3 is 2.04 bits per heavy atom. The van der Waals surface area contributed by atoms with Crippen molar-refractivity contribution in [3.8, 4) is 0 Å². The lowest BCUT2D eigenvalue weighted by molar-refractivity contribution is -0.146. The van der Waals surface area contributed by atoms with Gasteiger partial charge in [-0.05, 0) is 54.7 Å². The number of hydrogen-bond donors (Lipinski definition) is 3. The summed E-state index contributed by atoms with van der Waals surface area (Å²) in [7, 11) is 0. The third-order valence-corrected chi connectivity index (χ3v) is 4.70. The van der Waals surface area contributed by atoms with E-state index in [2.05, 4.69) is 5.32 Å². The van der Waals surface area contributed by atoms with Crippen molar-refractivity contribution in [2.24, 2.45) is 11.8 Å². The molecular weight excluding hydrogens is 328 g/mol. The first-order valence-electron chi connectivity index (χ1n) is 8.65. The van der Waals surface area contributed by atoms with Crippen molar-refractivity contribution in [2.45, 2.75) is 19.3 Å². The summed E-state index contributed by atoms with van der Waals surface area (Å²) in [6.45, 7) is 0. The normalized spacial score (nSPS) is 19.1. The van der Waals surface area contributed by atoms with E-state index in [1.807, 2.05) is 60.7 Å². The molecule has 2 aromatic rings. The minimum Gasteiger partial charge on any atom is -0.481 e. The van der Waals surface area contributed by atoms with E-state index in [-0.39, 0.29) is 5.91 Å². The Labute approximate surface area is 152 Å². The Balaban J connectivity index is 1.63. The van der Waals surface area contributed by atoms with E-state index < -0.39 is 17.8 Å². The molecule has 3 rings (SSSR count). The molecule has 0 spiro atoms. The Morgan fingerprint density at radius 1 is 0.923 bits per heavy atom. The largest absolute Gasteiger partial charge is 0.481 e. The fourth-order valence-corrected chi connectivity index (χ4v) is 3.19. The minimum absolute atomic E-state index is 0.243. The smallest absolute Gasteiger partial charge is 0.307 e. The molecule has 5 nitrogen and oxygen atoms in total. The molecule has 0 saturated heterocycles. The highest BCUT2D eigenvalue weighted by atomic mass is 16.4. The number of hydrogen-bond acceptors (Lipinski definition) is 3. The van der Waals surface area contributed by atoms with Gasteiger partial charge < -0.3 is 16.2 Å². The molecule has 1 aliphatic rings. The summed E-state index contributed by atoms with van der Waals surface area (Å²) < 4.78 is 0. The lowest BCUT2D eigenvalue weighted by atomic mass is 9.82. The van der Waals surface area contributed by atoms with Crippen molar-refractivity contribution in [1.29, 1.82) is 0 Å². The Hall–Kier alpha value is -3.08. The van der Waals surface area contributed by atoms with Crippen LogP contribution >= 0.6 is 0 Å². The van der Waals surface area contributed by atoms with Crippen molar-refractivity contribution in [2.75, 3.05) is 11.1 Å². The number of benzene rings is 2. The van der Waals surface area contributed by atoms with Gasteiger partial charge in [-0.2, -0.15) is 0 Å². The number of amides is 1. The molecular formula is C21H22N2O3. The van der Waals surface area contributed by atoms with Crippen molar-refractivity contribution < 1.29 is 14.7 Å². The standard InChI is InChI=1S/C21H22N2O3/c22-16-9-5-14(6-10-16)13-15-7-11-17(12-8-15)23-20(24)18-3-1-2-4-19(18)21(25)26/h1-2,5-12,18-19H,3-4,13,22H2,(H,23,24)(H,25,26). The first-order valence-corrected chi connectivity index (χ1v) is 8.65. The summed E-state index contributed by atoms with van der Waals surface area (Å²) in [5.74, 6) is -2.36. The molecule has 0 aromatic heterocycles. The number of aliphatic carboxylic acids is 1. The van der Waals surface area contributed by atoms with Crippen molar-refractivity contribution in [3.05, 3.63) is 71.8 Å². The second-order valence-corrected chi connectivity index (χ2v) is 6.60. The van der Waals surface area contributed by atoms with Crippen LogP contribution in [0.25, 0.3) is 0 Å². The van der Waals surface area contributed by atoms with Gasteiger partial charge in [0.1, 0.15) is 0 Å². The summed E-state index contributed by atoms with van der Waals surface area (Å²) in [5.41, 5.74) is 9.39. The summed E-state index contributed by atoms with van der Waals surface area (Å²) in [6.07, 6.45) is 5.34.